The van der Waals surface area contributed by atoms with E-state index >= 15 is 0 Å². The number of rotatable bonds is 3. The number of hydrogen-bond acceptors (Lipinski definition) is 2. The van der Waals surface area contributed by atoms with E-state index in [1.54, 1.807) is 12.1 Å². The topological polar surface area (TPSA) is 30.7 Å². The van der Waals surface area contributed by atoms with Crippen molar-refractivity contribution in [3.05, 3.63) is 59.8 Å². The predicted octanol–water partition coefficient (Wildman–Crippen LogP) is 3.89. The first-order valence-corrected chi connectivity index (χ1v) is 7.37. The van der Waals surface area contributed by atoms with Crippen molar-refractivity contribution in [1.29, 1.82) is 0 Å². The molecule has 4 rings (SSSR count). The summed E-state index contributed by atoms with van der Waals surface area (Å²) in [7, 11) is 0. The molecule has 3 nitrogen and oxygen atoms in total. The maximum absolute atomic E-state index is 13.4. The monoisotopic (exact) mass is 281 g/mol. The Bertz CT molecular complexity index is 790. The lowest BCUT2D eigenvalue weighted by Gasteiger charge is -2.28. The molecule has 1 aliphatic carbocycles. The van der Waals surface area contributed by atoms with E-state index in [0.717, 1.165) is 22.6 Å². The second-order valence-corrected chi connectivity index (χ2v) is 5.64. The van der Waals surface area contributed by atoms with Gasteiger partial charge in [-0.25, -0.2) is 14.4 Å². The third-order valence-electron chi connectivity index (χ3n) is 4.21. The number of aromatic nitrogens is 3. The summed E-state index contributed by atoms with van der Waals surface area (Å²) in [5.41, 5.74) is 2.83. The highest BCUT2D eigenvalue weighted by molar-refractivity contribution is 5.71. The summed E-state index contributed by atoms with van der Waals surface area (Å²) >= 11 is 0. The minimum Gasteiger partial charge on any atom is -0.309 e. The molecule has 3 aromatic rings. The third-order valence-corrected chi connectivity index (χ3v) is 4.21. The van der Waals surface area contributed by atoms with Gasteiger partial charge in [0.25, 0.3) is 0 Å². The van der Waals surface area contributed by atoms with Crippen LogP contribution in [0.15, 0.2) is 42.6 Å². The minimum absolute atomic E-state index is 0.197. The predicted molar refractivity (Wildman–Crippen MR) is 79.6 cm³/mol. The van der Waals surface area contributed by atoms with E-state index in [2.05, 4.69) is 9.55 Å². The summed E-state index contributed by atoms with van der Waals surface area (Å²) in [4.78, 5) is 9.21. The Morgan fingerprint density at radius 3 is 2.86 bits per heavy atom. The Labute approximate surface area is 122 Å². The molecule has 1 fully saturated rings. The fraction of sp³-hybridized carbons (Fsp3) is 0.294. The Hall–Kier alpha value is -2.23. The van der Waals surface area contributed by atoms with Gasteiger partial charge in [-0.3, -0.25) is 0 Å². The van der Waals surface area contributed by atoms with Crippen LogP contribution in [0.1, 0.15) is 36.7 Å². The van der Waals surface area contributed by atoms with Gasteiger partial charge in [-0.05, 0) is 49.1 Å². The highest BCUT2D eigenvalue weighted by Crippen LogP contribution is 2.35. The van der Waals surface area contributed by atoms with Crippen LogP contribution in [0.25, 0.3) is 11.2 Å². The van der Waals surface area contributed by atoms with Crippen LogP contribution in [-0.2, 0) is 6.42 Å². The van der Waals surface area contributed by atoms with Gasteiger partial charge in [0.05, 0.1) is 0 Å². The smallest absolute Gasteiger partial charge is 0.160 e. The second kappa shape index (κ2) is 4.95. The number of nitrogens with zero attached hydrogens (tertiary/aromatic N) is 3. The van der Waals surface area contributed by atoms with Crippen molar-refractivity contribution in [3.8, 4) is 0 Å². The fourth-order valence-corrected chi connectivity index (χ4v) is 2.96. The summed E-state index contributed by atoms with van der Waals surface area (Å²) in [6.45, 7) is 0. The molecule has 0 atom stereocenters. The van der Waals surface area contributed by atoms with E-state index in [4.69, 9.17) is 4.98 Å². The molecule has 1 saturated carbocycles. The lowest BCUT2D eigenvalue weighted by atomic mass is 9.92. The minimum atomic E-state index is -0.197. The van der Waals surface area contributed by atoms with Crippen LogP contribution in [0, 0.1) is 5.82 Å². The molecular formula is C17H16FN3. The van der Waals surface area contributed by atoms with Crippen molar-refractivity contribution in [2.75, 3.05) is 0 Å². The lowest BCUT2D eigenvalue weighted by Crippen LogP contribution is -2.19. The number of hydrogen-bond donors (Lipinski definition) is 0. The fourth-order valence-electron chi connectivity index (χ4n) is 2.96. The van der Waals surface area contributed by atoms with E-state index in [1.165, 1.54) is 25.3 Å². The van der Waals surface area contributed by atoms with Crippen LogP contribution in [0.5, 0.6) is 0 Å². The maximum Gasteiger partial charge on any atom is 0.160 e. The van der Waals surface area contributed by atoms with Gasteiger partial charge in [0, 0.05) is 18.7 Å². The SMILES string of the molecule is Fc1cccc(Cc2nc3cccnc3n2C2CCC2)c1. The van der Waals surface area contributed by atoms with Gasteiger partial charge < -0.3 is 4.57 Å². The van der Waals surface area contributed by atoms with Gasteiger partial charge in [-0.15, -0.1) is 0 Å². The van der Waals surface area contributed by atoms with E-state index in [-0.39, 0.29) is 5.82 Å². The normalized spacial score (nSPS) is 15.3. The Morgan fingerprint density at radius 2 is 2.10 bits per heavy atom. The molecule has 0 saturated heterocycles. The number of pyridine rings is 1. The van der Waals surface area contributed by atoms with Crippen molar-refractivity contribution in [1.82, 2.24) is 14.5 Å². The van der Waals surface area contributed by atoms with Crippen LogP contribution >= 0.6 is 0 Å². The first-order chi connectivity index (χ1) is 10.3. The zero-order valence-electron chi connectivity index (χ0n) is 11.7. The van der Waals surface area contributed by atoms with E-state index in [1.807, 2.05) is 24.4 Å². The molecule has 0 amide bonds. The Kier molecular flexibility index (Phi) is 2.95. The van der Waals surface area contributed by atoms with Crippen LogP contribution in [0.4, 0.5) is 4.39 Å². The highest BCUT2D eigenvalue weighted by Gasteiger charge is 2.25. The molecule has 0 aliphatic heterocycles. The van der Waals surface area contributed by atoms with E-state index < -0.39 is 0 Å². The molecule has 1 aliphatic rings. The molecule has 0 N–H and O–H groups in total. The van der Waals surface area contributed by atoms with Crippen LogP contribution in [-0.4, -0.2) is 14.5 Å². The highest BCUT2D eigenvalue weighted by atomic mass is 19.1. The van der Waals surface area contributed by atoms with Crippen LogP contribution in [0.2, 0.25) is 0 Å². The summed E-state index contributed by atoms with van der Waals surface area (Å²) in [5.74, 6) is 0.788. The molecule has 2 heterocycles. The lowest BCUT2D eigenvalue weighted by molar-refractivity contribution is 0.313. The first kappa shape index (κ1) is 12.5. The van der Waals surface area contributed by atoms with Crippen LogP contribution in [0.3, 0.4) is 0 Å². The maximum atomic E-state index is 13.4. The number of halogens is 1. The largest absolute Gasteiger partial charge is 0.309 e. The molecule has 0 spiro atoms. The zero-order chi connectivity index (χ0) is 14.2. The second-order valence-electron chi connectivity index (χ2n) is 5.64. The van der Waals surface area contributed by atoms with Gasteiger partial charge in [0.15, 0.2) is 5.65 Å². The average molecular weight is 281 g/mol. The summed E-state index contributed by atoms with van der Waals surface area (Å²) in [6, 6.07) is 11.1. The van der Waals surface area contributed by atoms with E-state index in [0.29, 0.717) is 12.5 Å². The van der Waals surface area contributed by atoms with Crippen LogP contribution < -0.4 is 0 Å². The van der Waals surface area contributed by atoms with Crippen molar-refractivity contribution < 1.29 is 4.39 Å². The Morgan fingerprint density at radius 1 is 1.19 bits per heavy atom. The van der Waals surface area contributed by atoms with E-state index in [9.17, 15) is 4.39 Å². The quantitative estimate of drug-likeness (QED) is 0.729. The van der Waals surface area contributed by atoms with Gasteiger partial charge in [0.1, 0.15) is 17.2 Å². The molecule has 1 aromatic carbocycles. The third kappa shape index (κ3) is 2.20. The Balaban J connectivity index is 1.80. The summed E-state index contributed by atoms with van der Waals surface area (Å²) < 4.78 is 15.6. The average Bonchev–Trinajstić information content (AvgIpc) is 2.76. The summed E-state index contributed by atoms with van der Waals surface area (Å²) in [5, 5.41) is 0. The number of benzene rings is 1. The molecule has 4 heteroatoms. The van der Waals surface area contributed by atoms with Crippen molar-refractivity contribution >= 4 is 11.2 Å². The number of imidazole rings is 1. The van der Waals surface area contributed by atoms with Gasteiger partial charge in [-0.2, -0.15) is 0 Å². The molecule has 0 radical (unpaired) electrons. The van der Waals surface area contributed by atoms with Crippen molar-refractivity contribution in [2.24, 2.45) is 0 Å². The number of fused-ring (bicyclic) bond motifs is 1. The van der Waals surface area contributed by atoms with Gasteiger partial charge in [-0.1, -0.05) is 12.1 Å². The zero-order valence-corrected chi connectivity index (χ0v) is 11.7. The van der Waals surface area contributed by atoms with Gasteiger partial charge >= 0.3 is 0 Å². The molecule has 21 heavy (non-hydrogen) atoms. The summed E-state index contributed by atoms with van der Waals surface area (Å²) in [6.07, 6.45) is 6.07. The van der Waals surface area contributed by atoms with Gasteiger partial charge in [0.2, 0.25) is 0 Å². The first-order valence-electron chi connectivity index (χ1n) is 7.37. The molecule has 0 unspecified atom stereocenters. The molecule has 0 bridgehead atoms. The molecular weight excluding hydrogens is 265 g/mol. The van der Waals surface area contributed by atoms with Crippen molar-refractivity contribution in [2.45, 2.75) is 31.7 Å². The van der Waals surface area contributed by atoms with Crippen molar-refractivity contribution in [3.63, 3.8) is 0 Å². The molecule has 106 valence electrons. The molecule has 2 aromatic heterocycles. The standard InChI is InChI=1S/C17H16FN3/c18-13-5-1-4-12(10-13)11-16-20-15-8-3-9-19-17(15)21(16)14-6-2-7-14/h1,3-5,8-10,14H,2,6-7,11H2.